The monoisotopic (exact) mass is 384 g/mol. The summed E-state index contributed by atoms with van der Waals surface area (Å²) in [6.07, 6.45) is -4.55. The van der Waals surface area contributed by atoms with Crippen molar-refractivity contribution in [1.29, 1.82) is 0 Å². The molecule has 0 saturated carbocycles. The second-order valence-electron chi connectivity index (χ2n) is 3.42. The summed E-state index contributed by atoms with van der Waals surface area (Å²) in [6, 6.07) is 4.40. The summed E-state index contributed by atoms with van der Waals surface area (Å²) >= 11 is 4.37. The van der Waals surface area contributed by atoms with Gasteiger partial charge in [-0.15, -0.1) is 10.2 Å². The quantitative estimate of drug-likeness (QED) is 0.860. The Morgan fingerprint density at radius 1 is 1.35 bits per heavy atom. The maximum atomic E-state index is 12.4. The number of alkyl halides is 3. The molecule has 0 spiro atoms. The lowest BCUT2D eigenvalue weighted by atomic mass is 10.2. The van der Waals surface area contributed by atoms with Crippen LogP contribution in [0.2, 0.25) is 0 Å². The molecule has 1 heterocycles. The normalized spacial score (nSPS) is 11.6. The third kappa shape index (κ3) is 3.49. The topological polar surface area (TPSA) is 63.1 Å². The van der Waals surface area contributed by atoms with Gasteiger partial charge in [0.05, 0.1) is 5.56 Å². The summed E-state index contributed by atoms with van der Waals surface area (Å²) in [5.74, 6) is -1.17. The molecule has 0 saturated heterocycles. The molecule has 0 atom stereocenters. The highest BCUT2D eigenvalue weighted by atomic mass is 79.9. The molecular formula is C10H4BrF3N2O2S2. The number of carboxylic acid groups (broad SMARTS) is 1. The van der Waals surface area contributed by atoms with E-state index >= 15 is 0 Å². The summed E-state index contributed by atoms with van der Waals surface area (Å²) < 4.78 is 37.9. The van der Waals surface area contributed by atoms with Gasteiger partial charge in [-0.05, 0) is 18.2 Å². The largest absolute Gasteiger partial charge is 0.478 e. The zero-order chi connectivity index (χ0) is 14.9. The van der Waals surface area contributed by atoms with Crippen LogP contribution in [0.1, 0.15) is 15.4 Å². The number of aromatic carboxylic acids is 1. The van der Waals surface area contributed by atoms with Crippen molar-refractivity contribution >= 4 is 45.0 Å². The number of rotatable bonds is 3. The summed E-state index contributed by atoms with van der Waals surface area (Å²) in [4.78, 5) is 11.3. The SMILES string of the molecule is O=C(O)c1ccc(Br)cc1Sc1nnc(C(F)(F)F)s1. The van der Waals surface area contributed by atoms with Gasteiger partial charge in [0.1, 0.15) is 0 Å². The molecule has 0 fully saturated rings. The lowest BCUT2D eigenvalue weighted by Crippen LogP contribution is -2.03. The Morgan fingerprint density at radius 3 is 2.60 bits per heavy atom. The van der Waals surface area contributed by atoms with Crippen LogP contribution in [-0.2, 0) is 6.18 Å². The van der Waals surface area contributed by atoms with E-state index in [4.69, 9.17) is 5.11 Å². The van der Waals surface area contributed by atoms with Crippen LogP contribution in [0.15, 0.2) is 31.9 Å². The van der Waals surface area contributed by atoms with Crippen molar-refractivity contribution in [3.05, 3.63) is 33.2 Å². The molecule has 1 aromatic heterocycles. The van der Waals surface area contributed by atoms with E-state index in [1.54, 1.807) is 0 Å². The fourth-order valence-corrected chi connectivity index (χ4v) is 3.57. The highest BCUT2D eigenvalue weighted by Crippen LogP contribution is 2.38. The number of halogens is 4. The third-order valence-corrected chi connectivity index (χ3v) is 4.59. The van der Waals surface area contributed by atoms with E-state index in [1.807, 2.05) is 0 Å². The number of carbonyl (C=O) groups is 1. The first-order valence-corrected chi connectivity index (χ1v) is 7.31. The first-order chi connectivity index (χ1) is 9.27. The Labute approximate surface area is 127 Å². The first-order valence-electron chi connectivity index (χ1n) is 4.89. The van der Waals surface area contributed by atoms with Crippen LogP contribution in [0.3, 0.4) is 0 Å². The van der Waals surface area contributed by atoms with Crippen LogP contribution >= 0.6 is 39.0 Å². The molecule has 20 heavy (non-hydrogen) atoms. The average Bonchev–Trinajstić information content (AvgIpc) is 2.76. The fourth-order valence-electron chi connectivity index (χ4n) is 1.22. The van der Waals surface area contributed by atoms with E-state index in [0.717, 1.165) is 11.8 Å². The molecule has 0 unspecified atom stereocenters. The number of hydrogen-bond acceptors (Lipinski definition) is 5. The predicted octanol–water partition coefficient (Wildman–Crippen LogP) is 4.17. The van der Waals surface area contributed by atoms with E-state index in [2.05, 4.69) is 26.1 Å². The second-order valence-corrected chi connectivity index (χ2v) is 6.60. The van der Waals surface area contributed by atoms with Crippen LogP contribution in [0.5, 0.6) is 0 Å². The maximum Gasteiger partial charge on any atom is 0.445 e. The van der Waals surface area contributed by atoms with Gasteiger partial charge in [-0.25, -0.2) is 4.79 Å². The molecular weight excluding hydrogens is 381 g/mol. The van der Waals surface area contributed by atoms with Gasteiger partial charge < -0.3 is 5.11 Å². The van der Waals surface area contributed by atoms with Crippen LogP contribution in [-0.4, -0.2) is 21.3 Å². The summed E-state index contributed by atoms with van der Waals surface area (Å²) in [7, 11) is 0. The van der Waals surface area contributed by atoms with Crippen LogP contribution in [0.4, 0.5) is 13.2 Å². The van der Waals surface area contributed by atoms with Crippen LogP contribution < -0.4 is 0 Å². The minimum absolute atomic E-state index is 0.0121. The lowest BCUT2D eigenvalue weighted by Gasteiger charge is -2.03. The van der Waals surface area contributed by atoms with E-state index < -0.39 is 17.2 Å². The van der Waals surface area contributed by atoms with Gasteiger partial charge in [0, 0.05) is 9.37 Å². The van der Waals surface area contributed by atoms with Gasteiger partial charge in [0.15, 0.2) is 4.34 Å². The Balaban J connectivity index is 2.32. The van der Waals surface area contributed by atoms with Gasteiger partial charge in [0.25, 0.3) is 0 Å². The molecule has 2 rings (SSSR count). The van der Waals surface area contributed by atoms with E-state index in [-0.39, 0.29) is 14.8 Å². The molecule has 0 aliphatic carbocycles. The Bertz CT molecular complexity index is 660. The average molecular weight is 385 g/mol. The van der Waals surface area contributed by atoms with Gasteiger partial charge in [-0.3, -0.25) is 0 Å². The smallest absolute Gasteiger partial charge is 0.445 e. The maximum absolute atomic E-state index is 12.4. The predicted molar refractivity (Wildman–Crippen MR) is 70.1 cm³/mol. The summed E-state index contributed by atoms with van der Waals surface area (Å²) in [5.41, 5.74) is -0.0121. The van der Waals surface area contributed by atoms with E-state index in [1.165, 1.54) is 18.2 Å². The van der Waals surface area contributed by atoms with Crippen molar-refractivity contribution in [2.75, 3.05) is 0 Å². The van der Waals surface area contributed by atoms with Gasteiger partial charge in [-0.2, -0.15) is 13.2 Å². The molecule has 1 N–H and O–H groups in total. The molecule has 0 amide bonds. The zero-order valence-electron chi connectivity index (χ0n) is 9.31. The second kappa shape index (κ2) is 5.70. The van der Waals surface area contributed by atoms with Gasteiger partial charge in [0.2, 0.25) is 5.01 Å². The Hall–Kier alpha value is -1.13. The first kappa shape index (κ1) is 15.3. The van der Waals surface area contributed by atoms with Crippen molar-refractivity contribution < 1.29 is 23.1 Å². The highest BCUT2D eigenvalue weighted by Gasteiger charge is 2.35. The fraction of sp³-hybridized carbons (Fsp3) is 0.100. The molecule has 0 radical (unpaired) electrons. The molecule has 1 aromatic carbocycles. The van der Waals surface area contributed by atoms with Gasteiger partial charge in [-0.1, -0.05) is 39.0 Å². The van der Waals surface area contributed by atoms with E-state index in [0.29, 0.717) is 15.8 Å². The molecule has 10 heteroatoms. The Morgan fingerprint density at radius 2 is 2.05 bits per heavy atom. The van der Waals surface area contributed by atoms with Crippen molar-refractivity contribution in [1.82, 2.24) is 10.2 Å². The van der Waals surface area contributed by atoms with Crippen molar-refractivity contribution in [3.8, 4) is 0 Å². The minimum atomic E-state index is -4.55. The summed E-state index contributed by atoms with van der Waals surface area (Å²) in [5, 5.41) is 14.4. The Kier molecular flexibility index (Phi) is 4.35. The van der Waals surface area contributed by atoms with Crippen molar-refractivity contribution in [2.24, 2.45) is 0 Å². The van der Waals surface area contributed by atoms with Crippen molar-refractivity contribution in [2.45, 2.75) is 15.4 Å². The number of aromatic nitrogens is 2. The third-order valence-electron chi connectivity index (χ3n) is 2.02. The van der Waals surface area contributed by atoms with Crippen LogP contribution in [0.25, 0.3) is 0 Å². The minimum Gasteiger partial charge on any atom is -0.478 e. The number of carboxylic acids is 1. The molecule has 0 aliphatic heterocycles. The highest BCUT2D eigenvalue weighted by molar-refractivity contribution is 9.10. The van der Waals surface area contributed by atoms with Crippen LogP contribution in [0, 0.1) is 0 Å². The lowest BCUT2D eigenvalue weighted by molar-refractivity contribution is -0.138. The molecule has 2 aromatic rings. The molecule has 106 valence electrons. The molecule has 0 bridgehead atoms. The number of benzene rings is 1. The number of nitrogens with zero attached hydrogens (tertiary/aromatic N) is 2. The molecule has 4 nitrogen and oxygen atoms in total. The van der Waals surface area contributed by atoms with Gasteiger partial charge >= 0.3 is 12.1 Å². The standard InChI is InChI=1S/C10H4BrF3N2O2S2/c11-4-1-2-5(7(17)18)6(3-4)19-9-16-15-8(20-9)10(12,13)14/h1-3H,(H,17,18). The molecule has 0 aliphatic rings. The number of hydrogen-bond donors (Lipinski definition) is 1. The summed E-state index contributed by atoms with van der Waals surface area (Å²) in [6.45, 7) is 0. The zero-order valence-corrected chi connectivity index (χ0v) is 12.5. The van der Waals surface area contributed by atoms with E-state index in [9.17, 15) is 18.0 Å². The van der Waals surface area contributed by atoms with Crippen molar-refractivity contribution in [3.63, 3.8) is 0 Å².